The van der Waals surface area contributed by atoms with E-state index in [1.165, 1.54) is 38.0 Å². The van der Waals surface area contributed by atoms with Gasteiger partial charge in [0.25, 0.3) is 0 Å². The molecular formula is C17H26N2. The maximum atomic E-state index is 2.70. The number of hydrogen-bond acceptors (Lipinski definition) is 2. The Kier molecular flexibility index (Phi) is 3.64. The summed E-state index contributed by atoms with van der Waals surface area (Å²) < 4.78 is 0. The molecule has 1 fully saturated rings. The van der Waals surface area contributed by atoms with E-state index in [4.69, 9.17) is 0 Å². The lowest BCUT2D eigenvalue weighted by Crippen LogP contribution is -2.40. The fourth-order valence-corrected chi connectivity index (χ4v) is 3.48. The third-order valence-electron chi connectivity index (χ3n) is 4.82. The van der Waals surface area contributed by atoms with Crippen molar-refractivity contribution in [2.45, 2.75) is 45.2 Å². The van der Waals surface area contributed by atoms with Crippen LogP contribution in [0.4, 0.5) is 0 Å². The Morgan fingerprint density at radius 3 is 2.68 bits per heavy atom. The van der Waals surface area contributed by atoms with Crippen molar-refractivity contribution in [1.29, 1.82) is 0 Å². The SMILES string of the molecule is CC(C)c1ccc2c(c1)CCN(C1CCN(C)C1)C2. The van der Waals surface area contributed by atoms with Crippen molar-refractivity contribution >= 4 is 0 Å². The monoisotopic (exact) mass is 258 g/mol. The molecule has 2 heterocycles. The third kappa shape index (κ3) is 2.70. The van der Waals surface area contributed by atoms with Gasteiger partial charge in [-0.15, -0.1) is 0 Å². The van der Waals surface area contributed by atoms with Crippen LogP contribution in [-0.2, 0) is 13.0 Å². The number of likely N-dealkylation sites (tertiary alicyclic amines) is 1. The Hall–Kier alpha value is -0.860. The van der Waals surface area contributed by atoms with Gasteiger partial charge in [-0.05, 0) is 49.0 Å². The summed E-state index contributed by atoms with van der Waals surface area (Å²) in [6, 6.07) is 7.92. The largest absolute Gasteiger partial charge is 0.305 e. The second-order valence-corrected chi connectivity index (χ2v) is 6.61. The summed E-state index contributed by atoms with van der Waals surface area (Å²) in [5, 5.41) is 0. The fraction of sp³-hybridized carbons (Fsp3) is 0.647. The normalized spacial score (nSPS) is 24.9. The lowest BCUT2D eigenvalue weighted by Gasteiger charge is -2.34. The molecular weight excluding hydrogens is 232 g/mol. The highest BCUT2D eigenvalue weighted by molar-refractivity contribution is 5.35. The van der Waals surface area contributed by atoms with E-state index in [1.807, 2.05) is 0 Å². The average molecular weight is 258 g/mol. The molecule has 0 saturated carbocycles. The molecule has 3 rings (SSSR count). The van der Waals surface area contributed by atoms with Crippen LogP contribution in [0.15, 0.2) is 18.2 Å². The van der Waals surface area contributed by atoms with E-state index in [-0.39, 0.29) is 0 Å². The lowest BCUT2D eigenvalue weighted by molar-refractivity contribution is 0.181. The highest BCUT2D eigenvalue weighted by atomic mass is 15.2. The first-order chi connectivity index (χ1) is 9.13. The van der Waals surface area contributed by atoms with Crippen molar-refractivity contribution in [3.05, 3.63) is 34.9 Å². The topological polar surface area (TPSA) is 6.48 Å². The van der Waals surface area contributed by atoms with Crippen LogP contribution < -0.4 is 0 Å². The quantitative estimate of drug-likeness (QED) is 0.805. The Bertz CT molecular complexity index is 453. The van der Waals surface area contributed by atoms with Crippen molar-refractivity contribution < 1.29 is 0 Å². The van der Waals surface area contributed by atoms with E-state index in [0.717, 1.165) is 12.6 Å². The Balaban J connectivity index is 1.74. The average Bonchev–Trinajstić information content (AvgIpc) is 2.84. The number of rotatable bonds is 2. The van der Waals surface area contributed by atoms with E-state index < -0.39 is 0 Å². The van der Waals surface area contributed by atoms with Gasteiger partial charge in [-0.1, -0.05) is 32.0 Å². The molecule has 1 unspecified atom stereocenters. The van der Waals surface area contributed by atoms with Gasteiger partial charge in [0.2, 0.25) is 0 Å². The molecule has 0 aromatic heterocycles. The smallest absolute Gasteiger partial charge is 0.0240 e. The molecule has 0 aliphatic carbocycles. The van der Waals surface area contributed by atoms with Gasteiger partial charge in [-0.3, -0.25) is 4.90 Å². The summed E-state index contributed by atoms with van der Waals surface area (Å²) in [6.45, 7) is 9.48. The molecule has 104 valence electrons. The van der Waals surface area contributed by atoms with Gasteiger partial charge in [0.15, 0.2) is 0 Å². The second-order valence-electron chi connectivity index (χ2n) is 6.61. The predicted molar refractivity (Wildman–Crippen MR) is 80.5 cm³/mol. The second kappa shape index (κ2) is 5.26. The zero-order valence-corrected chi connectivity index (χ0v) is 12.5. The Labute approximate surface area is 117 Å². The summed E-state index contributed by atoms with van der Waals surface area (Å²) in [4.78, 5) is 5.16. The summed E-state index contributed by atoms with van der Waals surface area (Å²) in [7, 11) is 2.24. The van der Waals surface area contributed by atoms with Crippen LogP contribution in [0, 0.1) is 0 Å². The van der Waals surface area contributed by atoms with Gasteiger partial charge in [-0.25, -0.2) is 0 Å². The summed E-state index contributed by atoms with van der Waals surface area (Å²) in [6.07, 6.45) is 2.58. The van der Waals surface area contributed by atoms with Crippen molar-refractivity contribution in [3.63, 3.8) is 0 Å². The first-order valence-electron chi connectivity index (χ1n) is 7.68. The molecule has 2 aliphatic rings. The first-order valence-corrected chi connectivity index (χ1v) is 7.68. The van der Waals surface area contributed by atoms with Crippen molar-refractivity contribution in [2.75, 3.05) is 26.7 Å². The molecule has 1 atom stereocenters. The number of hydrogen-bond donors (Lipinski definition) is 0. The van der Waals surface area contributed by atoms with Gasteiger partial charge in [-0.2, -0.15) is 0 Å². The van der Waals surface area contributed by atoms with Crippen LogP contribution in [0.25, 0.3) is 0 Å². The molecule has 2 heteroatoms. The molecule has 0 radical (unpaired) electrons. The van der Waals surface area contributed by atoms with Crippen LogP contribution in [0.3, 0.4) is 0 Å². The Morgan fingerprint density at radius 1 is 1.16 bits per heavy atom. The highest BCUT2D eigenvalue weighted by Gasteiger charge is 2.28. The standard InChI is InChI=1S/C17H26N2/c1-13(2)14-4-5-16-11-19(9-6-15(16)10-14)17-7-8-18(3)12-17/h4-5,10,13,17H,6-9,11-12H2,1-3H3. The Morgan fingerprint density at radius 2 is 2.00 bits per heavy atom. The van der Waals surface area contributed by atoms with Crippen LogP contribution in [-0.4, -0.2) is 42.5 Å². The minimum Gasteiger partial charge on any atom is -0.305 e. The zero-order valence-electron chi connectivity index (χ0n) is 12.5. The van der Waals surface area contributed by atoms with Gasteiger partial charge >= 0.3 is 0 Å². The van der Waals surface area contributed by atoms with E-state index in [0.29, 0.717) is 5.92 Å². The molecule has 0 N–H and O–H groups in total. The van der Waals surface area contributed by atoms with Crippen molar-refractivity contribution in [2.24, 2.45) is 0 Å². The first kappa shape index (κ1) is 13.1. The molecule has 2 nitrogen and oxygen atoms in total. The van der Waals surface area contributed by atoms with E-state index in [1.54, 1.807) is 11.1 Å². The molecule has 0 spiro atoms. The molecule has 1 aromatic rings. The van der Waals surface area contributed by atoms with Gasteiger partial charge in [0, 0.05) is 25.7 Å². The molecule has 1 aromatic carbocycles. The summed E-state index contributed by atoms with van der Waals surface area (Å²) >= 11 is 0. The zero-order chi connectivity index (χ0) is 13.4. The predicted octanol–water partition coefficient (Wildman–Crippen LogP) is 2.87. The minimum absolute atomic E-state index is 0.645. The van der Waals surface area contributed by atoms with Gasteiger partial charge in [0.05, 0.1) is 0 Å². The molecule has 19 heavy (non-hydrogen) atoms. The summed E-state index contributed by atoms with van der Waals surface area (Å²) in [5.74, 6) is 0.645. The van der Waals surface area contributed by atoms with Gasteiger partial charge in [0.1, 0.15) is 0 Å². The maximum Gasteiger partial charge on any atom is 0.0240 e. The van der Waals surface area contributed by atoms with Gasteiger partial charge < -0.3 is 4.90 Å². The van der Waals surface area contributed by atoms with Crippen molar-refractivity contribution in [3.8, 4) is 0 Å². The lowest BCUT2D eigenvalue weighted by atomic mass is 9.92. The van der Waals surface area contributed by atoms with E-state index in [9.17, 15) is 0 Å². The number of fused-ring (bicyclic) bond motifs is 1. The molecule has 0 bridgehead atoms. The molecule has 2 aliphatic heterocycles. The molecule has 0 amide bonds. The van der Waals surface area contributed by atoms with Crippen molar-refractivity contribution in [1.82, 2.24) is 9.80 Å². The number of likely N-dealkylation sites (N-methyl/N-ethyl adjacent to an activating group) is 1. The van der Waals surface area contributed by atoms with Crippen LogP contribution in [0.2, 0.25) is 0 Å². The van der Waals surface area contributed by atoms with E-state index >= 15 is 0 Å². The highest BCUT2D eigenvalue weighted by Crippen LogP contribution is 2.26. The van der Waals surface area contributed by atoms with Crippen LogP contribution in [0.1, 0.15) is 42.9 Å². The maximum absolute atomic E-state index is 2.70. The number of nitrogens with zero attached hydrogens (tertiary/aromatic N) is 2. The third-order valence-corrected chi connectivity index (χ3v) is 4.82. The fourth-order valence-electron chi connectivity index (χ4n) is 3.48. The van der Waals surface area contributed by atoms with E-state index in [2.05, 4.69) is 48.9 Å². The minimum atomic E-state index is 0.645. The number of benzene rings is 1. The van der Waals surface area contributed by atoms with Crippen LogP contribution >= 0.6 is 0 Å². The molecule has 1 saturated heterocycles. The summed E-state index contributed by atoms with van der Waals surface area (Å²) in [5.41, 5.74) is 4.65. The van der Waals surface area contributed by atoms with Crippen LogP contribution in [0.5, 0.6) is 0 Å².